The van der Waals surface area contributed by atoms with Gasteiger partial charge >= 0.3 is 0 Å². The van der Waals surface area contributed by atoms with Crippen molar-refractivity contribution < 1.29 is 14.3 Å². The highest BCUT2D eigenvalue weighted by Gasteiger charge is 2.37. The number of para-hydroxylation sites is 2. The number of fused-ring (bicyclic) bond motifs is 2. The molecule has 0 radical (unpaired) electrons. The Bertz CT molecular complexity index is 1010. The van der Waals surface area contributed by atoms with Crippen molar-refractivity contribution in [2.45, 2.75) is 33.1 Å². The Morgan fingerprint density at radius 1 is 1.24 bits per heavy atom. The third-order valence-electron chi connectivity index (χ3n) is 5.72. The quantitative estimate of drug-likeness (QED) is 0.850. The standard InChI is InChI=1S/C23H25N3O3/c1-14-11-19-20(12-15(14)2)26(23(28)16-7-6-9-17(16)24-19)13-22(27)25-18-8-4-5-10-21(18)29-3/h4-5,8,10-12,16H,6-7,9,13H2,1-3H3,(H,25,27)/t16-/m1/s1. The van der Waals surface area contributed by atoms with E-state index in [1.165, 1.54) is 0 Å². The van der Waals surface area contributed by atoms with Crippen LogP contribution in [0.25, 0.3) is 0 Å². The van der Waals surface area contributed by atoms with Crippen LogP contribution in [0.5, 0.6) is 5.75 Å². The van der Waals surface area contributed by atoms with Crippen LogP contribution >= 0.6 is 0 Å². The van der Waals surface area contributed by atoms with E-state index in [1.807, 2.05) is 38.1 Å². The van der Waals surface area contributed by atoms with E-state index in [-0.39, 0.29) is 24.3 Å². The van der Waals surface area contributed by atoms with Crippen LogP contribution in [0.4, 0.5) is 17.1 Å². The van der Waals surface area contributed by atoms with Gasteiger partial charge in [0.1, 0.15) is 12.3 Å². The maximum Gasteiger partial charge on any atom is 0.244 e. The average molecular weight is 391 g/mol. The Morgan fingerprint density at radius 2 is 2.00 bits per heavy atom. The number of aryl methyl sites for hydroxylation is 2. The highest BCUT2D eigenvalue weighted by Crippen LogP contribution is 2.39. The maximum atomic E-state index is 13.3. The van der Waals surface area contributed by atoms with E-state index in [2.05, 4.69) is 5.32 Å². The predicted molar refractivity (Wildman–Crippen MR) is 114 cm³/mol. The van der Waals surface area contributed by atoms with Crippen molar-refractivity contribution in [1.29, 1.82) is 0 Å². The summed E-state index contributed by atoms with van der Waals surface area (Å²) in [6.07, 6.45) is 2.58. The summed E-state index contributed by atoms with van der Waals surface area (Å²) in [4.78, 5) is 32.6. The van der Waals surface area contributed by atoms with Crippen LogP contribution in [-0.4, -0.2) is 31.2 Å². The zero-order chi connectivity index (χ0) is 20.5. The first-order chi connectivity index (χ1) is 14.0. The Hall–Kier alpha value is -3.15. The molecule has 1 saturated carbocycles. The predicted octanol–water partition coefficient (Wildman–Crippen LogP) is 4.17. The number of methoxy groups -OCH3 is 1. The molecule has 6 nitrogen and oxygen atoms in total. The van der Waals surface area contributed by atoms with E-state index in [9.17, 15) is 9.59 Å². The Labute approximate surface area is 170 Å². The van der Waals surface area contributed by atoms with Gasteiger partial charge in [-0.3, -0.25) is 14.6 Å². The van der Waals surface area contributed by atoms with Crippen molar-refractivity contribution in [3.8, 4) is 5.75 Å². The summed E-state index contributed by atoms with van der Waals surface area (Å²) in [5.74, 6) is 0.0327. The molecule has 6 heteroatoms. The summed E-state index contributed by atoms with van der Waals surface area (Å²) in [5, 5.41) is 2.87. The first-order valence-corrected chi connectivity index (χ1v) is 9.91. The molecule has 0 bridgehead atoms. The molecular formula is C23H25N3O3. The van der Waals surface area contributed by atoms with Gasteiger partial charge in [-0.1, -0.05) is 12.1 Å². The molecule has 1 heterocycles. The molecule has 2 aromatic carbocycles. The molecule has 1 N–H and O–H groups in total. The minimum absolute atomic E-state index is 0.0431. The van der Waals surface area contributed by atoms with Crippen LogP contribution in [0.1, 0.15) is 30.4 Å². The number of nitrogens with one attached hydrogen (secondary N) is 1. The maximum absolute atomic E-state index is 13.3. The number of carbonyl (C=O) groups is 2. The molecule has 1 aliphatic carbocycles. The molecule has 1 aliphatic heterocycles. The van der Waals surface area contributed by atoms with Crippen LogP contribution in [0.2, 0.25) is 0 Å². The molecule has 0 aromatic heterocycles. The second kappa shape index (κ2) is 7.70. The van der Waals surface area contributed by atoms with Crippen molar-refractivity contribution in [1.82, 2.24) is 0 Å². The molecule has 1 fully saturated rings. The van der Waals surface area contributed by atoms with Crippen molar-refractivity contribution in [3.05, 3.63) is 47.5 Å². The number of benzene rings is 2. The van der Waals surface area contributed by atoms with Gasteiger partial charge in [0.15, 0.2) is 0 Å². The van der Waals surface area contributed by atoms with E-state index in [0.717, 1.165) is 41.8 Å². The third-order valence-corrected chi connectivity index (χ3v) is 5.72. The van der Waals surface area contributed by atoms with Gasteiger partial charge in [0.05, 0.1) is 30.1 Å². The van der Waals surface area contributed by atoms with Crippen molar-refractivity contribution >= 4 is 34.6 Å². The monoisotopic (exact) mass is 391 g/mol. The number of ether oxygens (including phenoxy) is 1. The lowest BCUT2D eigenvalue weighted by molar-refractivity contribution is -0.123. The molecule has 0 saturated heterocycles. The molecule has 150 valence electrons. The zero-order valence-corrected chi connectivity index (χ0v) is 17.0. The molecule has 29 heavy (non-hydrogen) atoms. The summed E-state index contributed by atoms with van der Waals surface area (Å²) < 4.78 is 5.31. The first-order valence-electron chi connectivity index (χ1n) is 9.91. The van der Waals surface area contributed by atoms with Crippen LogP contribution in [0.3, 0.4) is 0 Å². The van der Waals surface area contributed by atoms with Crippen molar-refractivity contribution in [2.24, 2.45) is 10.9 Å². The molecule has 4 rings (SSSR count). The third kappa shape index (κ3) is 3.62. The number of aliphatic imine (C=N–C) groups is 1. The number of hydrogen-bond acceptors (Lipinski definition) is 4. The summed E-state index contributed by atoms with van der Waals surface area (Å²) in [6, 6.07) is 11.2. The van der Waals surface area contributed by atoms with Crippen LogP contribution in [0.15, 0.2) is 41.4 Å². The fraction of sp³-hybridized carbons (Fsp3) is 0.348. The van der Waals surface area contributed by atoms with E-state index < -0.39 is 0 Å². The summed E-state index contributed by atoms with van der Waals surface area (Å²) in [6.45, 7) is 3.98. The highest BCUT2D eigenvalue weighted by molar-refractivity contribution is 6.17. The largest absolute Gasteiger partial charge is 0.495 e. The number of nitrogens with zero attached hydrogens (tertiary/aromatic N) is 2. The van der Waals surface area contributed by atoms with E-state index in [4.69, 9.17) is 9.73 Å². The lowest BCUT2D eigenvalue weighted by Crippen LogP contribution is -2.42. The highest BCUT2D eigenvalue weighted by atomic mass is 16.5. The minimum atomic E-state index is -0.270. The van der Waals surface area contributed by atoms with Gasteiger partial charge in [-0.15, -0.1) is 0 Å². The molecule has 2 amide bonds. The van der Waals surface area contributed by atoms with Crippen LogP contribution in [-0.2, 0) is 9.59 Å². The van der Waals surface area contributed by atoms with Crippen molar-refractivity contribution in [2.75, 3.05) is 23.9 Å². The van der Waals surface area contributed by atoms with Gasteiger partial charge < -0.3 is 15.0 Å². The van der Waals surface area contributed by atoms with Crippen LogP contribution in [0, 0.1) is 19.8 Å². The fourth-order valence-electron chi connectivity index (χ4n) is 4.03. The average Bonchev–Trinajstić information content (AvgIpc) is 3.13. The summed E-state index contributed by atoms with van der Waals surface area (Å²) in [5.41, 5.74) is 5.18. The Balaban J connectivity index is 1.67. The molecular weight excluding hydrogens is 366 g/mol. The summed E-state index contributed by atoms with van der Waals surface area (Å²) in [7, 11) is 1.56. The molecule has 2 aromatic rings. The number of anilines is 2. The molecule has 1 atom stereocenters. The van der Waals surface area contributed by atoms with E-state index >= 15 is 0 Å². The molecule has 2 aliphatic rings. The van der Waals surface area contributed by atoms with Crippen molar-refractivity contribution in [3.63, 3.8) is 0 Å². The van der Waals surface area contributed by atoms with Gasteiger partial charge in [0, 0.05) is 5.71 Å². The van der Waals surface area contributed by atoms with E-state index in [0.29, 0.717) is 17.1 Å². The van der Waals surface area contributed by atoms with E-state index in [1.54, 1.807) is 24.1 Å². The molecule has 0 unspecified atom stereocenters. The topological polar surface area (TPSA) is 71.0 Å². The van der Waals surface area contributed by atoms with Gasteiger partial charge in [-0.2, -0.15) is 0 Å². The minimum Gasteiger partial charge on any atom is -0.495 e. The Kier molecular flexibility index (Phi) is 5.09. The second-order valence-electron chi connectivity index (χ2n) is 7.65. The first kappa shape index (κ1) is 19.2. The van der Waals surface area contributed by atoms with Gasteiger partial charge in [-0.25, -0.2) is 0 Å². The zero-order valence-electron chi connectivity index (χ0n) is 17.0. The number of hydrogen-bond donors (Lipinski definition) is 1. The normalized spacial score (nSPS) is 17.9. The number of amides is 2. The van der Waals surface area contributed by atoms with Crippen LogP contribution < -0.4 is 15.0 Å². The lowest BCUT2D eigenvalue weighted by atomic mass is 10.0. The fourth-order valence-corrected chi connectivity index (χ4v) is 4.03. The number of carbonyl (C=O) groups excluding carboxylic acids is 2. The molecule has 0 spiro atoms. The smallest absolute Gasteiger partial charge is 0.244 e. The number of rotatable bonds is 4. The Morgan fingerprint density at radius 3 is 2.79 bits per heavy atom. The van der Waals surface area contributed by atoms with Gasteiger partial charge in [0.25, 0.3) is 0 Å². The van der Waals surface area contributed by atoms with Gasteiger partial charge in [-0.05, 0) is 68.5 Å². The van der Waals surface area contributed by atoms with Gasteiger partial charge in [0.2, 0.25) is 11.8 Å². The lowest BCUT2D eigenvalue weighted by Gasteiger charge is -2.25. The second-order valence-corrected chi connectivity index (χ2v) is 7.65. The summed E-state index contributed by atoms with van der Waals surface area (Å²) >= 11 is 0. The SMILES string of the molecule is COc1ccccc1NC(=O)CN1C(=O)[C@@H]2CCCC2=Nc2cc(C)c(C)cc21.